The number of nitrogens with one attached hydrogen (secondary N) is 1. The molecule has 0 amide bonds. The zero-order chi connectivity index (χ0) is 13.8. The molecule has 1 N–H and O–H groups in total. The SMILES string of the molecule is CCCN(CC1CCCN1)c1c([N+](=O)[O-])ncn1C. The fourth-order valence-corrected chi connectivity index (χ4v) is 2.64. The molecule has 1 saturated heterocycles. The van der Waals surface area contributed by atoms with Crippen LogP contribution < -0.4 is 10.2 Å². The van der Waals surface area contributed by atoms with E-state index in [1.807, 2.05) is 0 Å². The molecule has 0 bridgehead atoms. The fourth-order valence-electron chi connectivity index (χ4n) is 2.64. The van der Waals surface area contributed by atoms with Gasteiger partial charge < -0.3 is 20.3 Å². The largest absolute Gasteiger partial charge is 0.406 e. The summed E-state index contributed by atoms with van der Waals surface area (Å²) in [7, 11) is 1.81. The van der Waals surface area contributed by atoms with E-state index in [0.717, 1.165) is 32.5 Å². The summed E-state index contributed by atoms with van der Waals surface area (Å²) < 4.78 is 1.74. The number of hydrogen-bond donors (Lipinski definition) is 1. The predicted octanol–water partition coefficient (Wildman–Crippen LogP) is 1.30. The molecule has 1 aliphatic heterocycles. The maximum absolute atomic E-state index is 11.1. The summed E-state index contributed by atoms with van der Waals surface area (Å²) >= 11 is 0. The molecule has 1 fully saturated rings. The van der Waals surface area contributed by atoms with Gasteiger partial charge >= 0.3 is 5.82 Å². The van der Waals surface area contributed by atoms with E-state index < -0.39 is 4.92 Å². The van der Waals surface area contributed by atoms with E-state index in [9.17, 15) is 10.1 Å². The van der Waals surface area contributed by atoms with Crippen molar-refractivity contribution in [3.8, 4) is 0 Å². The number of rotatable bonds is 6. The summed E-state index contributed by atoms with van der Waals surface area (Å²) in [6.07, 6.45) is 4.78. The normalized spacial score (nSPS) is 18.7. The molecule has 1 atom stereocenters. The zero-order valence-electron chi connectivity index (χ0n) is 11.5. The van der Waals surface area contributed by atoms with Gasteiger partial charge in [-0.15, -0.1) is 0 Å². The molecule has 1 unspecified atom stereocenters. The van der Waals surface area contributed by atoms with Gasteiger partial charge in [0.25, 0.3) is 0 Å². The summed E-state index contributed by atoms with van der Waals surface area (Å²) in [6, 6.07) is 0.418. The maximum atomic E-state index is 11.1. The Labute approximate surface area is 112 Å². The molecule has 0 radical (unpaired) electrons. The average molecular weight is 267 g/mol. The Morgan fingerprint density at radius 2 is 2.47 bits per heavy atom. The Bertz CT molecular complexity index is 439. The van der Waals surface area contributed by atoms with E-state index in [-0.39, 0.29) is 5.82 Å². The zero-order valence-corrected chi connectivity index (χ0v) is 11.5. The van der Waals surface area contributed by atoms with Crippen LogP contribution in [0.2, 0.25) is 0 Å². The van der Waals surface area contributed by atoms with Crippen LogP contribution in [0, 0.1) is 10.1 Å². The molecule has 0 aliphatic carbocycles. The van der Waals surface area contributed by atoms with Crippen LogP contribution in [0.3, 0.4) is 0 Å². The highest BCUT2D eigenvalue weighted by molar-refractivity contribution is 5.54. The molecule has 19 heavy (non-hydrogen) atoms. The topological polar surface area (TPSA) is 76.2 Å². The van der Waals surface area contributed by atoms with Crippen molar-refractivity contribution in [1.82, 2.24) is 14.9 Å². The number of aryl methyl sites for hydroxylation is 1. The lowest BCUT2D eigenvalue weighted by atomic mass is 10.2. The first-order valence-electron chi connectivity index (χ1n) is 6.77. The Morgan fingerprint density at radius 3 is 3.05 bits per heavy atom. The molecule has 2 heterocycles. The van der Waals surface area contributed by atoms with Gasteiger partial charge in [0.05, 0.1) is 0 Å². The van der Waals surface area contributed by atoms with Crippen molar-refractivity contribution < 1.29 is 4.92 Å². The van der Waals surface area contributed by atoms with Crippen molar-refractivity contribution in [2.24, 2.45) is 7.05 Å². The molecule has 0 aromatic carbocycles. The van der Waals surface area contributed by atoms with E-state index >= 15 is 0 Å². The van der Waals surface area contributed by atoms with Gasteiger partial charge in [-0.1, -0.05) is 6.92 Å². The summed E-state index contributed by atoms with van der Waals surface area (Å²) in [5.74, 6) is 0.564. The first-order chi connectivity index (χ1) is 9.13. The predicted molar refractivity (Wildman–Crippen MR) is 73.4 cm³/mol. The molecule has 7 nitrogen and oxygen atoms in total. The first kappa shape index (κ1) is 13.8. The lowest BCUT2D eigenvalue weighted by Crippen LogP contribution is -2.39. The highest BCUT2D eigenvalue weighted by atomic mass is 16.6. The van der Waals surface area contributed by atoms with E-state index in [2.05, 4.69) is 22.1 Å². The van der Waals surface area contributed by atoms with Gasteiger partial charge in [-0.3, -0.25) is 4.57 Å². The third kappa shape index (κ3) is 3.04. The Balaban J connectivity index is 2.21. The van der Waals surface area contributed by atoms with Crippen molar-refractivity contribution in [2.45, 2.75) is 32.2 Å². The molecule has 1 aromatic heterocycles. The Hall–Kier alpha value is -1.63. The van der Waals surface area contributed by atoms with Crippen molar-refractivity contribution in [3.05, 3.63) is 16.4 Å². The summed E-state index contributed by atoms with van der Waals surface area (Å²) in [6.45, 7) is 4.72. The number of nitrogens with zero attached hydrogens (tertiary/aromatic N) is 4. The summed E-state index contributed by atoms with van der Waals surface area (Å²) in [5, 5.41) is 14.5. The molecule has 0 saturated carbocycles. The molecule has 1 aromatic rings. The lowest BCUT2D eigenvalue weighted by Gasteiger charge is -2.26. The molecule has 1 aliphatic rings. The van der Waals surface area contributed by atoms with Crippen molar-refractivity contribution >= 4 is 11.6 Å². The van der Waals surface area contributed by atoms with Crippen LogP contribution in [0.4, 0.5) is 11.6 Å². The standard InChI is InChI=1S/C12H21N5O2/c1-3-7-16(8-10-5-4-6-13-10)12-11(17(18)19)14-9-15(12)2/h9-10,13H,3-8H2,1-2H3. The van der Waals surface area contributed by atoms with Crippen LogP contribution in [0.15, 0.2) is 6.33 Å². The van der Waals surface area contributed by atoms with Gasteiger partial charge in [0.15, 0.2) is 0 Å². The van der Waals surface area contributed by atoms with Crippen LogP contribution >= 0.6 is 0 Å². The van der Waals surface area contributed by atoms with Gasteiger partial charge in [-0.25, -0.2) is 0 Å². The van der Waals surface area contributed by atoms with Gasteiger partial charge in [-0.2, -0.15) is 0 Å². The fraction of sp³-hybridized carbons (Fsp3) is 0.750. The molecule has 7 heteroatoms. The average Bonchev–Trinajstić information content (AvgIpc) is 2.97. The third-order valence-electron chi connectivity index (χ3n) is 3.46. The van der Waals surface area contributed by atoms with Gasteiger partial charge in [0, 0.05) is 26.2 Å². The minimum absolute atomic E-state index is 0.0473. The van der Waals surface area contributed by atoms with Crippen LogP contribution in [0.5, 0.6) is 0 Å². The number of hydrogen-bond acceptors (Lipinski definition) is 5. The van der Waals surface area contributed by atoms with Crippen molar-refractivity contribution in [3.63, 3.8) is 0 Å². The van der Waals surface area contributed by atoms with E-state index in [4.69, 9.17) is 0 Å². The Morgan fingerprint density at radius 1 is 1.68 bits per heavy atom. The van der Waals surface area contributed by atoms with Crippen LogP contribution in [0.1, 0.15) is 26.2 Å². The highest BCUT2D eigenvalue weighted by Crippen LogP contribution is 2.26. The molecular weight excluding hydrogens is 246 g/mol. The third-order valence-corrected chi connectivity index (χ3v) is 3.46. The van der Waals surface area contributed by atoms with Crippen LogP contribution in [-0.4, -0.2) is 40.2 Å². The minimum atomic E-state index is -0.403. The van der Waals surface area contributed by atoms with Gasteiger partial charge in [-0.05, 0) is 35.7 Å². The van der Waals surface area contributed by atoms with Gasteiger partial charge in [0.1, 0.15) is 0 Å². The number of anilines is 1. The second kappa shape index (κ2) is 6.01. The number of imidazole rings is 1. The molecule has 0 spiro atoms. The summed E-state index contributed by atoms with van der Waals surface area (Å²) in [5.41, 5.74) is 0. The first-order valence-corrected chi connectivity index (χ1v) is 6.77. The van der Waals surface area contributed by atoms with E-state index in [0.29, 0.717) is 11.9 Å². The molecule has 106 valence electrons. The second-order valence-corrected chi connectivity index (χ2v) is 5.00. The quantitative estimate of drug-likeness (QED) is 0.621. The number of aromatic nitrogens is 2. The second-order valence-electron chi connectivity index (χ2n) is 5.00. The molecular formula is C12H21N5O2. The van der Waals surface area contributed by atoms with Crippen molar-refractivity contribution in [2.75, 3.05) is 24.5 Å². The van der Waals surface area contributed by atoms with E-state index in [1.54, 1.807) is 11.6 Å². The minimum Gasteiger partial charge on any atom is -0.358 e. The number of nitro groups is 1. The smallest absolute Gasteiger partial charge is 0.358 e. The molecule has 2 rings (SSSR count). The lowest BCUT2D eigenvalue weighted by molar-refractivity contribution is -0.388. The van der Waals surface area contributed by atoms with Crippen LogP contribution in [0.25, 0.3) is 0 Å². The monoisotopic (exact) mass is 267 g/mol. The van der Waals surface area contributed by atoms with Gasteiger partial charge in [0.2, 0.25) is 12.1 Å². The van der Waals surface area contributed by atoms with Crippen LogP contribution in [-0.2, 0) is 7.05 Å². The van der Waals surface area contributed by atoms with E-state index in [1.165, 1.54) is 12.7 Å². The Kier molecular flexibility index (Phi) is 4.36. The maximum Gasteiger partial charge on any atom is 0.406 e. The van der Waals surface area contributed by atoms with Crippen molar-refractivity contribution in [1.29, 1.82) is 0 Å². The highest BCUT2D eigenvalue weighted by Gasteiger charge is 2.27. The summed E-state index contributed by atoms with van der Waals surface area (Å²) in [4.78, 5) is 16.6.